The van der Waals surface area contributed by atoms with E-state index in [2.05, 4.69) is 57.8 Å². The summed E-state index contributed by atoms with van der Waals surface area (Å²) in [5.41, 5.74) is 2.35. The Hall–Kier alpha value is -2.09. The summed E-state index contributed by atoms with van der Waals surface area (Å²) in [6, 6.07) is 0.346. The second kappa shape index (κ2) is 17.8. The van der Waals surface area contributed by atoms with Gasteiger partial charge in [-0.15, -0.1) is 0 Å². The van der Waals surface area contributed by atoms with Crippen LogP contribution in [-0.2, 0) is 19.1 Å². The average molecular weight is 713 g/mol. The van der Waals surface area contributed by atoms with Gasteiger partial charge in [-0.2, -0.15) is 0 Å². The number of carboxylic acid groups (broad SMARTS) is 1. The van der Waals surface area contributed by atoms with E-state index in [4.69, 9.17) is 14.6 Å². The lowest BCUT2D eigenvalue weighted by molar-refractivity contribution is -0.151. The molecule has 0 aromatic carbocycles. The van der Waals surface area contributed by atoms with Gasteiger partial charge in [-0.1, -0.05) is 78.4 Å². The number of aliphatic carboxylic acids is 1. The standard InChI is InChI=1S/C43H72N2O6/c1-29(2)12-11-13-30(3)36-16-17-37-35-15-14-32-27-33(20-22-42(32,5)38(35)21-23-43(36,37)6)51-41(49)44-24-9-7-8-10-25-45-28-34(26-31(45)4)50-40(48)19-18-39(46)47/h14,29-31,33-38H,7-13,15-28H2,1-6H3,(H,44,49)(H,46,47)/t30-,31-,33+,34-,35?,36-,37?,38?,42+,43-/m1/s1. The lowest BCUT2D eigenvalue weighted by Gasteiger charge is -2.58. The van der Waals surface area contributed by atoms with Crippen LogP contribution in [0.2, 0.25) is 0 Å². The molecule has 8 heteroatoms. The molecule has 0 aromatic heterocycles. The minimum atomic E-state index is -0.979. The summed E-state index contributed by atoms with van der Waals surface area (Å²) in [6.45, 7) is 17.0. The van der Waals surface area contributed by atoms with Crippen LogP contribution in [0.15, 0.2) is 11.6 Å². The predicted octanol–water partition coefficient (Wildman–Crippen LogP) is 9.55. The number of fused-ring (bicyclic) bond motifs is 5. The van der Waals surface area contributed by atoms with Gasteiger partial charge in [0.05, 0.1) is 12.8 Å². The van der Waals surface area contributed by atoms with Crippen LogP contribution in [0, 0.1) is 46.3 Å². The lowest BCUT2D eigenvalue weighted by Crippen LogP contribution is -2.51. The molecule has 5 rings (SSSR count). The van der Waals surface area contributed by atoms with Crippen molar-refractivity contribution < 1.29 is 29.0 Å². The molecule has 1 aliphatic heterocycles. The number of hydrogen-bond acceptors (Lipinski definition) is 6. The normalized spacial score (nSPS) is 35.4. The Morgan fingerprint density at radius 2 is 1.71 bits per heavy atom. The lowest BCUT2D eigenvalue weighted by atomic mass is 9.47. The van der Waals surface area contributed by atoms with Gasteiger partial charge in [0, 0.05) is 32.0 Å². The van der Waals surface area contributed by atoms with E-state index in [0.29, 0.717) is 24.5 Å². The van der Waals surface area contributed by atoms with Gasteiger partial charge in [0.15, 0.2) is 0 Å². The highest BCUT2D eigenvalue weighted by molar-refractivity contribution is 5.76. The molecule has 4 aliphatic carbocycles. The molecule has 2 N–H and O–H groups in total. The minimum Gasteiger partial charge on any atom is -0.481 e. The Balaban J connectivity index is 0.977. The first kappa shape index (κ1) is 40.1. The second-order valence-electron chi connectivity index (χ2n) is 18.5. The third-order valence-electron chi connectivity index (χ3n) is 14.7. The predicted molar refractivity (Wildman–Crippen MR) is 202 cm³/mol. The molecule has 3 saturated carbocycles. The maximum atomic E-state index is 12.8. The van der Waals surface area contributed by atoms with Crippen molar-refractivity contribution in [3.8, 4) is 0 Å². The first-order valence-electron chi connectivity index (χ1n) is 21.1. The fourth-order valence-corrected chi connectivity index (χ4v) is 11.8. The fraction of sp³-hybridized carbons (Fsp3) is 0.884. The summed E-state index contributed by atoms with van der Waals surface area (Å²) in [4.78, 5) is 37.7. The summed E-state index contributed by atoms with van der Waals surface area (Å²) in [7, 11) is 0. The molecule has 290 valence electrons. The summed E-state index contributed by atoms with van der Waals surface area (Å²) in [5.74, 6) is 3.62. The molecule has 0 bridgehead atoms. The van der Waals surface area contributed by atoms with E-state index in [-0.39, 0.29) is 36.6 Å². The van der Waals surface area contributed by atoms with E-state index < -0.39 is 11.9 Å². The highest BCUT2D eigenvalue weighted by atomic mass is 16.6. The summed E-state index contributed by atoms with van der Waals surface area (Å²) < 4.78 is 11.5. The van der Waals surface area contributed by atoms with Gasteiger partial charge in [0.25, 0.3) is 0 Å². The number of alkyl carbamates (subject to hydrolysis) is 1. The first-order valence-corrected chi connectivity index (χ1v) is 21.1. The molecule has 8 nitrogen and oxygen atoms in total. The largest absolute Gasteiger partial charge is 0.481 e. The van der Waals surface area contributed by atoms with Gasteiger partial charge in [0.2, 0.25) is 0 Å². The zero-order valence-corrected chi connectivity index (χ0v) is 33.1. The number of allylic oxidation sites excluding steroid dienone is 1. The van der Waals surface area contributed by atoms with Gasteiger partial charge < -0.3 is 19.9 Å². The number of carbonyl (C=O) groups is 3. The van der Waals surface area contributed by atoms with Crippen molar-refractivity contribution in [2.75, 3.05) is 19.6 Å². The maximum Gasteiger partial charge on any atom is 0.407 e. The van der Waals surface area contributed by atoms with Gasteiger partial charge in [0.1, 0.15) is 12.2 Å². The zero-order chi connectivity index (χ0) is 36.8. The SMILES string of the molecule is CC(C)CCC[C@@H](C)[C@H]1CCC2C3CC=C4C[C@@H](OC(=O)NCCCCCCN5C[C@H](OC(=O)CCC(=O)O)C[C@H]5C)CC[C@]4(C)C3CC[C@@]21C. The molecule has 3 unspecified atom stereocenters. The number of rotatable bonds is 17. The maximum absolute atomic E-state index is 12.8. The van der Waals surface area contributed by atoms with Gasteiger partial charge in [-0.25, -0.2) is 4.79 Å². The fourth-order valence-electron chi connectivity index (χ4n) is 11.8. The molecule has 0 radical (unpaired) electrons. The van der Waals surface area contributed by atoms with E-state index in [0.717, 1.165) is 93.4 Å². The van der Waals surface area contributed by atoms with Crippen molar-refractivity contribution >= 4 is 18.0 Å². The monoisotopic (exact) mass is 713 g/mol. The van der Waals surface area contributed by atoms with Crippen LogP contribution in [0.3, 0.4) is 0 Å². The van der Waals surface area contributed by atoms with Crippen LogP contribution >= 0.6 is 0 Å². The molecule has 5 aliphatic rings. The van der Waals surface area contributed by atoms with E-state index >= 15 is 0 Å². The smallest absolute Gasteiger partial charge is 0.407 e. The Morgan fingerprint density at radius 3 is 2.47 bits per heavy atom. The first-order chi connectivity index (χ1) is 24.3. The quantitative estimate of drug-likeness (QED) is 0.0879. The number of amides is 1. The van der Waals surface area contributed by atoms with Crippen LogP contribution in [0.25, 0.3) is 0 Å². The number of nitrogens with zero attached hydrogens (tertiary/aromatic N) is 1. The van der Waals surface area contributed by atoms with Crippen molar-refractivity contribution in [1.82, 2.24) is 10.2 Å². The summed E-state index contributed by atoms with van der Waals surface area (Å²) >= 11 is 0. The number of carboxylic acids is 1. The molecule has 10 atom stereocenters. The third kappa shape index (κ3) is 9.92. The Labute approximate surface area is 309 Å². The summed E-state index contributed by atoms with van der Waals surface area (Å²) in [6.07, 6.45) is 20.9. The van der Waals surface area contributed by atoms with Crippen molar-refractivity contribution in [3.63, 3.8) is 0 Å². The third-order valence-corrected chi connectivity index (χ3v) is 14.7. The van der Waals surface area contributed by atoms with Crippen LogP contribution < -0.4 is 5.32 Å². The van der Waals surface area contributed by atoms with Crippen LogP contribution in [0.1, 0.15) is 157 Å². The molecule has 0 spiro atoms. The van der Waals surface area contributed by atoms with Gasteiger partial charge in [-0.3, -0.25) is 14.5 Å². The number of esters is 1. The molecule has 1 saturated heterocycles. The number of hydrogen-bond donors (Lipinski definition) is 2. The molecule has 51 heavy (non-hydrogen) atoms. The molecule has 0 aromatic rings. The topological polar surface area (TPSA) is 105 Å². The van der Waals surface area contributed by atoms with Crippen molar-refractivity contribution in [2.45, 2.75) is 175 Å². The second-order valence-corrected chi connectivity index (χ2v) is 18.5. The van der Waals surface area contributed by atoms with Crippen LogP contribution in [0.4, 0.5) is 4.79 Å². The Morgan fingerprint density at radius 1 is 0.922 bits per heavy atom. The average Bonchev–Trinajstić information content (AvgIpc) is 3.61. The van der Waals surface area contributed by atoms with E-state index in [1.807, 2.05) is 0 Å². The van der Waals surface area contributed by atoms with Crippen LogP contribution in [-0.4, -0.2) is 65.9 Å². The number of carbonyl (C=O) groups excluding carboxylic acids is 2. The number of likely N-dealkylation sites (tertiary alicyclic amines) is 1. The number of nitrogens with one attached hydrogen (secondary N) is 1. The number of unbranched alkanes of at least 4 members (excludes halogenated alkanes) is 3. The molecular weight excluding hydrogens is 640 g/mol. The van der Waals surface area contributed by atoms with Crippen molar-refractivity contribution in [3.05, 3.63) is 11.6 Å². The number of ether oxygens (including phenoxy) is 2. The van der Waals surface area contributed by atoms with Crippen molar-refractivity contribution in [1.29, 1.82) is 0 Å². The van der Waals surface area contributed by atoms with Gasteiger partial charge in [-0.05, 0) is 118 Å². The summed E-state index contributed by atoms with van der Waals surface area (Å²) in [5, 5.41) is 11.8. The molecule has 1 heterocycles. The highest BCUT2D eigenvalue weighted by Gasteiger charge is 2.59. The Kier molecular flexibility index (Phi) is 14.0. The zero-order valence-electron chi connectivity index (χ0n) is 33.1. The van der Waals surface area contributed by atoms with Crippen LogP contribution in [0.5, 0.6) is 0 Å². The van der Waals surface area contributed by atoms with E-state index in [1.165, 1.54) is 51.4 Å². The molecule has 4 fully saturated rings. The van der Waals surface area contributed by atoms with E-state index in [1.54, 1.807) is 5.57 Å². The molecule has 1 amide bonds. The Bertz CT molecular complexity index is 1220. The minimum absolute atomic E-state index is 0.0139. The molecular formula is C43H72N2O6. The van der Waals surface area contributed by atoms with Crippen molar-refractivity contribution in [2.24, 2.45) is 46.3 Å². The van der Waals surface area contributed by atoms with Gasteiger partial charge >= 0.3 is 18.0 Å². The van der Waals surface area contributed by atoms with E-state index in [9.17, 15) is 14.4 Å². The highest BCUT2D eigenvalue weighted by Crippen LogP contribution is 2.67.